The molecule has 160 valence electrons. The average Bonchev–Trinajstić information content (AvgIpc) is 3.25. The van der Waals surface area contributed by atoms with Crippen LogP contribution >= 0.6 is 11.6 Å². The second kappa shape index (κ2) is 8.82. The summed E-state index contributed by atoms with van der Waals surface area (Å²) in [4.78, 5) is 7.92. The van der Waals surface area contributed by atoms with Crippen molar-refractivity contribution in [1.82, 2.24) is 9.97 Å². The zero-order valence-corrected chi connectivity index (χ0v) is 18.7. The molecule has 4 aromatic carbocycles. The van der Waals surface area contributed by atoms with E-state index >= 15 is 0 Å². The number of allylic oxidation sites excluding steroid dienone is 1. The molecule has 0 bridgehead atoms. The lowest BCUT2D eigenvalue weighted by atomic mass is 10.0. The van der Waals surface area contributed by atoms with E-state index in [0.717, 1.165) is 38.5 Å². The second-order valence-electron chi connectivity index (χ2n) is 7.89. The van der Waals surface area contributed by atoms with Crippen LogP contribution in [0.25, 0.3) is 33.5 Å². The van der Waals surface area contributed by atoms with Crippen LogP contribution in [0.4, 0.5) is 0 Å². The van der Waals surface area contributed by atoms with Crippen molar-refractivity contribution < 1.29 is 4.74 Å². The fourth-order valence-corrected chi connectivity index (χ4v) is 3.97. The maximum atomic E-state index is 9.99. The molecule has 0 aliphatic rings. The molecular weight excluding hydrogens is 430 g/mol. The van der Waals surface area contributed by atoms with Gasteiger partial charge in [-0.15, -0.1) is 0 Å². The van der Waals surface area contributed by atoms with Crippen molar-refractivity contribution >= 4 is 45.1 Å². The molecule has 0 aliphatic carbocycles. The van der Waals surface area contributed by atoms with E-state index in [1.165, 1.54) is 0 Å². The topological polar surface area (TPSA) is 61.7 Å². The van der Waals surface area contributed by atoms with Gasteiger partial charge in [-0.25, -0.2) is 4.98 Å². The first-order valence-corrected chi connectivity index (χ1v) is 11.0. The van der Waals surface area contributed by atoms with Crippen molar-refractivity contribution in [3.63, 3.8) is 0 Å². The molecule has 5 aromatic rings. The number of benzene rings is 4. The quantitative estimate of drug-likeness (QED) is 0.286. The van der Waals surface area contributed by atoms with E-state index in [2.05, 4.69) is 16.0 Å². The minimum Gasteiger partial charge on any atom is -0.488 e. The summed E-state index contributed by atoms with van der Waals surface area (Å²) in [5, 5.41) is 12.7. The van der Waals surface area contributed by atoms with Gasteiger partial charge in [0.1, 0.15) is 24.3 Å². The molecule has 0 amide bonds. The highest BCUT2D eigenvalue weighted by Gasteiger charge is 2.13. The standard InChI is InChI=1S/C28H20ClN3O/c1-18-6-12-25-26(14-18)32-28(31-25)21(16-30)15-24-23-5-3-2-4-20(23)9-13-27(24)33-17-19-7-10-22(29)11-8-19/h2-15H,17H2,1H3,(H,31,32)/b21-15-. The molecule has 0 saturated carbocycles. The van der Waals surface area contributed by atoms with Gasteiger partial charge in [0, 0.05) is 10.6 Å². The summed E-state index contributed by atoms with van der Waals surface area (Å²) in [7, 11) is 0. The molecule has 0 fully saturated rings. The number of imidazole rings is 1. The molecule has 0 unspecified atom stereocenters. The van der Waals surface area contributed by atoms with Crippen molar-refractivity contribution in [2.75, 3.05) is 0 Å². The Morgan fingerprint density at radius 3 is 2.70 bits per heavy atom. The van der Waals surface area contributed by atoms with Gasteiger partial charge in [0.15, 0.2) is 0 Å². The molecule has 1 heterocycles. The van der Waals surface area contributed by atoms with E-state index in [1.54, 1.807) is 0 Å². The van der Waals surface area contributed by atoms with Gasteiger partial charge < -0.3 is 9.72 Å². The summed E-state index contributed by atoms with van der Waals surface area (Å²) in [6.07, 6.45) is 1.85. The Morgan fingerprint density at radius 1 is 1.06 bits per heavy atom. The van der Waals surface area contributed by atoms with Crippen LogP contribution in [0.5, 0.6) is 5.75 Å². The van der Waals surface area contributed by atoms with Gasteiger partial charge in [0.2, 0.25) is 0 Å². The molecule has 5 rings (SSSR count). The number of nitrogens with zero attached hydrogens (tertiary/aromatic N) is 2. The first kappa shape index (κ1) is 20.8. The number of aromatic nitrogens is 2. The normalized spacial score (nSPS) is 11.6. The van der Waals surface area contributed by atoms with Crippen molar-refractivity contribution in [3.8, 4) is 11.8 Å². The van der Waals surface area contributed by atoms with Gasteiger partial charge in [-0.2, -0.15) is 5.26 Å². The van der Waals surface area contributed by atoms with Crippen molar-refractivity contribution in [3.05, 3.63) is 106 Å². The number of H-pyrrole nitrogens is 1. The summed E-state index contributed by atoms with van der Waals surface area (Å²) in [6, 6.07) is 27.9. The predicted octanol–water partition coefficient (Wildman–Crippen LogP) is 7.32. The molecule has 1 N–H and O–H groups in total. The van der Waals surface area contributed by atoms with Crippen molar-refractivity contribution in [2.24, 2.45) is 0 Å². The molecule has 0 spiro atoms. The van der Waals surface area contributed by atoms with E-state index in [4.69, 9.17) is 16.3 Å². The van der Waals surface area contributed by atoms with Gasteiger partial charge in [0.25, 0.3) is 0 Å². The number of nitriles is 1. The minimum absolute atomic E-state index is 0.391. The van der Waals surface area contributed by atoms with Crippen LogP contribution in [-0.2, 0) is 6.61 Å². The van der Waals surface area contributed by atoms with Crippen LogP contribution in [0, 0.1) is 18.3 Å². The molecule has 33 heavy (non-hydrogen) atoms. The van der Waals surface area contributed by atoms with Crippen LogP contribution in [0.1, 0.15) is 22.5 Å². The van der Waals surface area contributed by atoms with Crippen LogP contribution in [0.15, 0.2) is 78.9 Å². The van der Waals surface area contributed by atoms with Crippen LogP contribution in [0.2, 0.25) is 5.02 Å². The zero-order valence-electron chi connectivity index (χ0n) is 18.0. The monoisotopic (exact) mass is 449 g/mol. The van der Waals surface area contributed by atoms with Crippen LogP contribution < -0.4 is 4.74 Å². The SMILES string of the molecule is Cc1ccc2nc(/C(C#N)=C\c3c(OCc4ccc(Cl)cc4)ccc4ccccc34)[nH]c2c1. The molecule has 1 aromatic heterocycles. The molecule has 0 aliphatic heterocycles. The number of nitrogens with one attached hydrogen (secondary N) is 1. The smallest absolute Gasteiger partial charge is 0.149 e. The maximum absolute atomic E-state index is 9.99. The third-order valence-electron chi connectivity index (χ3n) is 5.54. The summed E-state index contributed by atoms with van der Waals surface area (Å²) in [5.41, 5.74) is 5.16. The third kappa shape index (κ3) is 4.32. The van der Waals surface area contributed by atoms with E-state index < -0.39 is 0 Å². The van der Waals surface area contributed by atoms with Crippen molar-refractivity contribution in [1.29, 1.82) is 5.26 Å². The number of fused-ring (bicyclic) bond motifs is 2. The first-order valence-electron chi connectivity index (χ1n) is 10.6. The maximum Gasteiger partial charge on any atom is 0.149 e. The third-order valence-corrected chi connectivity index (χ3v) is 5.79. The lowest BCUT2D eigenvalue weighted by Crippen LogP contribution is -1.98. The summed E-state index contributed by atoms with van der Waals surface area (Å²) < 4.78 is 6.20. The largest absolute Gasteiger partial charge is 0.488 e. The van der Waals surface area contributed by atoms with E-state index in [1.807, 2.05) is 91.9 Å². The van der Waals surface area contributed by atoms with E-state index in [9.17, 15) is 5.26 Å². The highest BCUT2D eigenvalue weighted by Crippen LogP contribution is 2.32. The number of halogens is 1. The zero-order chi connectivity index (χ0) is 22.8. The summed E-state index contributed by atoms with van der Waals surface area (Å²) in [6.45, 7) is 2.42. The van der Waals surface area contributed by atoms with Gasteiger partial charge in [-0.1, -0.05) is 60.1 Å². The number of hydrogen-bond acceptors (Lipinski definition) is 3. The number of aromatic amines is 1. The van der Waals surface area contributed by atoms with Gasteiger partial charge >= 0.3 is 0 Å². The number of ether oxygens (including phenoxy) is 1. The molecule has 0 atom stereocenters. The van der Waals surface area contributed by atoms with Gasteiger partial charge in [-0.05, 0) is 65.2 Å². The first-order chi connectivity index (χ1) is 16.1. The Morgan fingerprint density at radius 2 is 1.88 bits per heavy atom. The predicted molar refractivity (Wildman–Crippen MR) is 134 cm³/mol. The minimum atomic E-state index is 0.391. The fourth-order valence-electron chi connectivity index (χ4n) is 3.84. The lowest BCUT2D eigenvalue weighted by molar-refractivity contribution is 0.306. The van der Waals surface area contributed by atoms with Gasteiger partial charge in [0.05, 0.1) is 16.6 Å². The highest BCUT2D eigenvalue weighted by atomic mass is 35.5. The van der Waals surface area contributed by atoms with Gasteiger partial charge in [-0.3, -0.25) is 0 Å². The van der Waals surface area contributed by atoms with Crippen molar-refractivity contribution in [2.45, 2.75) is 13.5 Å². The summed E-state index contributed by atoms with van der Waals surface area (Å²) >= 11 is 6.00. The molecule has 0 saturated heterocycles. The Balaban J connectivity index is 1.59. The van der Waals surface area contributed by atoms with Crippen LogP contribution in [-0.4, -0.2) is 9.97 Å². The van der Waals surface area contributed by atoms with E-state index in [-0.39, 0.29) is 0 Å². The molecule has 5 heteroatoms. The fraction of sp³-hybridized carbons (Fsp3) is 0.0714. The molecular formula is C28H20ClN3O. The number of aryl methyl sites for hydroxylation is 1. The Labute approximate surface area is 196 Å². The number of hydrogen-bond donors (Lipinski definition) is 1. The lowest BCUT2D eigenvalue weighted by Gasteiger charge is -2.13. The Bertz CT molecular complexity index is 1540. The number of rotatable bonds is 5. The molecule has 4 nitrogen and oxygen atoms in total. The summed E-state index contributed by atoms with van der Waals surface area (Å²) in [5.74, 6) is 1.23. The molecule has 0 radical (unpaired) electrons. The highest BCUT2D eigenvalue weighted by molar-refractivity contribution is 6.30. The second-order valence-corrected chi connectivity index (χ2v) is 8.33. The Hall–Kier alpha value is -4.07. The van der Waals surface area contributed by atoms with E-state index in [0.29, 0.717) is 28.8 Å². The average molecular weight is 450 g/mol. The van der Waals surface area contributed by atoms with Crippen LogP contribution in [0.3, 0.4) is 0 Å². The Kier molecular flexibility index (Phi) is 5.56.